The molecular weight excluding hydrogens is 250 g/mol. The van der Waals surface area contributed by atoms with E-state index in [1.54, 1.807) is 0 Å². The predicted molar refractivity (Wildman–Crippen MR) is 86.0 cm³/mol. The van der Waals surface area contributed by atoms with Gasteiger partial charge < -0.3 is 4.84 Å². The fraction of sp³-hybridized carbons (Fsp3) is 0.882. The number of nitrogens with zero attached hydrogens (tertiary/aromatic N) is 1. The third-order valence-corrected chi connectivity index (χ3v) is 3.31. The molecule has 3 nitrogen and oxygen atoms in total. The third-order valence-electron chi connectivity index (χ3n) is 3.31. The number of unbranched alkanes of at least 4 members (excludes halogenated alkanes) is 10. The van der Waals surface area contributed by atoms with Crippen LogP contribution in [0.5, 0.6) is 0 Å². The van der Waals surface area contributed by atoms with E-state index in [9.17, 15) is 4.79 Å². The lowest BCUT2D eigenvalue weighted by atomic mass is 10.1. The van der Waals surface area contributed by atoms with Crippen LogP contribution in [-0.4, -0.2) is 11.7 Å². The van der Waals surface area contributed by atoms with E-state index in [0.717, 1.165) is 18.6 Å². The fourth-order valence-electron chi connectivity index (χ4n) is 2.12. The first-order valence-corrected chi connectivity index (χ1v) is 8.38. The Hall–Kier alpha value is -0.860. The minimum atomic E-state index is -0.206. The second kappa shape index (κ2) is 14.5. The van der Waals surface area contributed by atoms with Crippen LogP contribution < -0.4 is 0 Å². The van der Waals surface area contributed by atoms with Gasteiger partial charge in [-0.2, -0.15) is 0 Å². The van der Waals surface area contributed by atoms with Crippen LogP contribution in [0.2, 0.25) is 0 Å². The first kappa shape index (κ1) is 19.1. The highest BCUT2D eigenvalue weighted by Crippen LogP contribution is 2.12. The Morgan fingerprint density at radius 2 is 1.25 bits per heavy atom. The molecule has 0 aliphatic carbocycles. The summed E-state index contributed by atoms with van der Waals surface area (Å²) < 4.78 is 0. The van der Waals surface area contributed by atoms with Crippen molar-refractivity contribution in [2.75, 3.05) is 0 Å². The fourth-order valence-corrected chi connectivity index (χ4v) is 2.12. The molecule has 3 heteroatoms. The molecule has 118 valence electrons. The molecule has 0 rings (SSSR count). The number of carbonyl (C=O) groups is 1. The zero-order chi connectivity index (χ0) is 15.1. The molecule has 0 fully saturated rings. The molecule has 0 aromatic carbocycles. The zero-order valence-electron chi connectivity index (χ0n) is 13.7. The van der Waals surface area contributed by atoms with Gasteiger partial charge in [0.25, 0.3) is 0 Å². The van der Waals surface area contributed by atoms with Crippen LogP contribution in [0.25, 0.3) is 0 Å². The van der Waals surface area contributed by atoms with Gasteiger partial charge in [0.05, 0.1) is 5.71 Å². The number of rotatable bonds is 13. The topological polar surface area (TPSA) is 38.7 Å². The summed E-state index contributed by atoms with van der Waals surface area (Å²) in [5.41, 5.74) is 0.775. The van der Waals surface area contributed by atoms with E-state index in [-0.39, 0.29) is 5.97 Å². The van der Waals surface area contributed by atoms with Crippen molar-refractivity contribution in [3.8, 4) is 0 Å². The van der Waals surface area contributed by atoms with Crippen LogP contribution >= 0.6 is 0 Å². The summed E-state index contributed by atoms with van der Waals surface area (Å²) in [4.78, 5) is 16.0. The summed E-state index contributed by atoms with van der Waals surface area (Å²) in [6.07, 6.45) is 14.7. The molecule has 0 radical (unpaired) electrons. The normalized spacial score (nSPS) is 10.3. The van der Waals surface area contributed by atoms with Gasteiger partial charge in [0.15, 0.2) is 0 Å². The van der Waals surface area contributed by atoms with Crippen LogP contribution in [0.3, 0.4) is 0 Å². The average molecular weight is 283 g/mol. The van der Waals surface area contributed by atoms with Crippen molar-refractivity contribution in [3.63, 3.8) is 0 Å². The molecule has 0 saturated carbocycles. The van der Waals surface area contributed by atoms with Crippen molar-refractivity contribution in [1.82, 2.24) is 0 Å². The van der Waals surface area contributed by atoms with Crippen LogP contribution in [0.1, 0.15) is 97.8 Å². The number of oxime groups is 1. The molecule has 0 saturated heterocycles. The smallest absolute Gasteiger partial charge is 0.318 e. The average Bonchev–Trinajstić information content (AvgIpc) is 2.42. The van der Waals surface area contributed by atoms with E-state index in [0.29, 0.717) is 6.42 Å². The Morgan fingerprint density at radius 3 is 1.70 bits per heavy atom. The van der Waals surface area contributed by atoms with Gasteiger partial charge in [-0.1, -0.05) is 76.3 Å². The van der Waals surface area contributed by atoms with Gasteiger partial charge in [-0.25, -0.2) is 4.79 Å². The Kier molecular flexibility index (Phi) is 13.9. The van der Waals surface area contributed by atoms with Crippen molar-refractivity contribution in [2.24, 2.45) is 5.16 Å². The monoisotopic (exact) mass is 283 g/mol. The van der Waals surface area contributed by atoms with E-state index in [2.05, 4.69) is 12.1 Å². The van der Waals surface area contributed by atoms with Crippen molar-refractivity contribution >= 4 is 11.7 Å². The standard InChI is InChI=1S/C17H33NO2/c1-4-5-6-7-8-9-10-11-12-13-14-15-17(19)20-18-16(2)3/h4-15H2,1-3H3. The maximum atomic E-state index is 11.3. The quantitative estimate of drug-likeness (QED) is 0.190. The lowest BCUT2D eigenvalue weighted by Gasteiger charge is -2.02. The Morgan fingerprint density at radius 1 is 0.800 bits per heavy atom. The van der Waals surface area contributed by atoms with Gasteiger partial charge >= 0.3 is 5.97 Å². The molecule has 0 atom stereocenters. The molecule has 0 aromatic rings. The van der Waals surface area contributed by atoms with Crippen LogP contribution in [0.15, 0.2) is 5.16 Å². The molecule has 0 aromatic heterocycles. The Bertz CT molecular complexity index is 258. The van der Waals surface area contributed by atoms with Gasteiger partial charge in [0, 0.05) is 6.42 Å². The van der Waals surface area contributed by atoms with Crippen LogP contribution in [0, 0.1) is 0 Å². The van der Waals surface area contributed by atoms with E-state index in [4.69, 9.17) is 4.84 Å². The molecule has 0 spiro atoms. The van der Waals surface area contributed by atoms with Crippen molar-refractivity contribution < 1.29 is 9.63 Å². The minimum Gasteiger partial charge on any atom is -0.318 e. The first-order valence-electron chi connectivity index (χ1n) is 8.38. The number of hydrogen-bond acceptors (Lipinski definition) is 3. The Balaban J connectivity index is 3.16. The predicted octanol–water partition coefficient (Wildman–Crippen LogP) is 5.63. The van der Waals surface area contributed by atoms with E-state index in [1.807, 2.05) is 13.8 Å². The first-order chi connectivity index (χ1) is 9.66. The lowest BCUT2D eigenvalue weighted by molar-refractivity contribution is -0.143. The summed E-state index contributed by atoms with van der Waals surface area (Å²) in [5, 5.41) is 3.66. The summed E-state index contributed by atoms with van der Waals surface area (Å²) >= 11 is 0. The molecule has 0 amide bonds. The van der Waals surface area contributed by atoms with Gasteiger partial charge in [-0.3, -0.25) is 0 Å². The lowest BCUT2D eigenvalue weighted by Crippen LogP contribution is -2.00. The molecule has 0 aliphatic heterocycles. The number of hydrogen-bond donors (Lipinski definition) is 0. The van der Waals surface area contributed by atoms with Gasteiger partial charge in [0.2, 0.25) is 0 Å². The Labute approximate surface area is 125 Å². The van der Waals surface area contributed by atoms with Gasteiger partial charge in [0.1, 0.15) is 0 Å². The van der Waals surface area contributed by atoms with Crippen molar-refractivity contribution in [2.45, 2.75) is 97.8 Å². The highest BCUT2D eigenvalue weighted by atomic mass is 16.7. The van der Waals surface area contributed by atoms with E-state index in [1.165, 1.54) is 57.8 Å². The molecular formula is C17H33NO2. The summed E-state index contributed by atoms with van der Waals surface area (Å²) in [5.74, 6) is -0.206. The second-order valence-corrected chi connectivity index (χ2v) is 5.79. The molecule has 0 aliphatic rings. The second-order valence-electron chi connectivity index (χ2n) is 5.79. The zero-order valence-corrected chi connectivity index (χ0v) is 13.7. The minimum absolute atomic E-state index is 0.206. The van der Waals surface area contributed by atoms with E-state index < -0.39 is 0 Å². The van der Waals surface area contributed by atoms with Gasteiger partial charge in [-0.15, -0.1) is 0 Å². The van der Waals surface area contributed by atoms with Crippen LogP contribution in [0.4, 0.5) is 0 Å². The molecule has 0 heterocycles. The van der Waals surface area contributed by atoms with Crippen molar-refractivity contribution in [1.29, 1.82) is 0 Å². The van der Waals surface area contributed by atoms with Crippen molar-refractivity contribution in [3.05, 3.63) is 0 Å². The maximum absolute atomic E-state index is 11.3. The van der Waals surface area contributed by atoms with Crippen LogP contribution in [-0.2, 0) is 9.63 Å². The third kappa shape index (κ3) is 15.2. The molecule has 20 heavy (non-hydrogen) atoms. The SMILES string of the molecule is CCCCCCCCCCCCCC(=O)ON=C(C)C. The molecule has 0 N–H and O–H groups in total. The maximum Gasteiger partial charge on any atom is 0.335 e. The van der Waals surface area contributed by atoms with Gasteiger partial charge in [-0.05, 0) is 20.3 Å². The summed E-state index contributed by atoms with van der Waals surface area (Å²) in [7, 11) is 0. The summed E-state index contributed by atoms with van der Waals surface area (Å²) in [6.45, 7) is 5.89. The highest BCUT2D eigenvalue weighted by molar-refractivity contribution is 5.79. The highest BCUT2D eigenvalue weighted by Gasteiger charge is 2.01. The molecule has 0 bridgehead atoms. The molecule has 0 unspecified atom stereocenters. The summed E-state index contributed by atoms with van der Waals surface area (Å²) in [6, 6.07) is 0. The largest absolute Gasteiger partial charge is 0.335 e. The number of carbonyl (C=O) groups excluding carboxylic acids is 1. The van der Waals surface area contributed by atoms with E-state index >= 15 is 0 Å².